The van der Waals surface area contributed by atoms with Crippen LogP contribution in [0.1, 0.15) is 5.56 Å². The Hall–Kier alpha value is -2.75. The zero-order valence-electron chi connectivity index (χ0n) is 13.4. The van der Waals surface area contributed by atoms with E-state index in [-0.39, 0.29) is 22.4 Å². The highest BCUT2D eigenvalue weighted by atomic mass is 32.2. The highest BCUT2D eigenvalue weighted by molar-refractivity contribution is 7.99. The summed E-state index contributed by atoms with van der Waals surface area (Å²) in [6.45, 7) is 0. The molecular formula is C16H12F3N3O3S. The zero-order chi connectivity index (χ0) is 18.7. The van der Waals surface area contributed by atoms with Crippen LogP contribution in [-0.4, -0.2) is 33.6 Å². The van der Waals surface area contributed by atoms with Gasteiger partial charge in [-0.05, 0) is 30.3 Å². The molecule has 0 unspecified atom stereocenters. The standard InChI is InChI=1S/C16H12F3N3O3S/c1-24-13(23)9-26-15-21-20-14(12-6-3-7-25-12)22(15)11-5-2-4-10(8-11)16(17,18)19/h2-8H,9H2,1H3. The summed E-state index contributed by atoms with van der Waals surface area (Å²) >= 11 is 0.998. The largest absolute Gasteiger partial charge is 0.468 e. The first-order valence-electron chi connectivity index (χ1n) is 7.26. The first kappa shape index (κ1) is 18.1. The molecule has 26 heavy (non-hydrogen) atoms. The maximum atomic E-state index is 13.1. The first-order chi connectivity index (χ1) is 12.4. The monoisotopic (exact) mass is 383 g/mol. The van der Waals surface area contributed by atoms with Gasteiger partial charge in [-0.2, -0.15) is 13.2 Å². The molecule has 0 amide bonds. The number of alkyl halides is 3. The van der Waals surface area contributed by atoms with Crippen molar-refractivity contribution in [3.8, 4) is 17.3 Å². The third-order valence-corrected chi connectivity index (χ3v) is 4.26. The van der Waals surface area contributed by atoms with Crippen molar-refractivity contribution in [3.05, 3.63) is 48.2 Å². The molecule has 0 bridgehead atoms. The van der Waals surface area contributed by atoms with Crippen molar-refractivity contribution in [2.75, 3.05) is 12.9 Å². The molecule has 0 aliphatic carbocycles. The van der Waals surface area contributed by atoms with Crippen LogP contribution in [0.4, 0.5) is 13.2 Å². The van der Waals surface area contributed by atoms with Gasteiger partial charge in [-0.3, -0.25) is 9.36 Å². The molecule has 0 N–H and O–H groups in total. The lowest BCUT2D eigenvalue weighted by Gasteiger charge is -2.12. The van der Waals surface area contributed by atoms with Crippen molar-refractivity contribution in [2.24, 2.45) is 0 Å². The molecule has 0 spiro atoms. The van der Waals surface area contributed by atoms with Crippen LogP contribution in [-0.2, 0) is 15.7 Å². The second-order valence-corrected chi connectivity index (χ2v) is 5.97. The Morgan fingerprint density at radius 1 is 1.27 bits per heavy atom. The number of benzene rings is 1. The van der Waals surface area contributed by atoms with Gasteiger partial charge in [-0.15, -0.1) is 10.2 Å². The molecule has 6 nitrogen and oxygen atoms in total. The summed E-state index contributed by atoms with van der Waals surface area (Å²) in [5, 5.41) is 8.21. The Morgan fingerprint density at radius 2 is 2.08 bits per heavy atom. The topological polar surface area (TPSA) is 70.2 Å². The number of rotatable bonds is 5. The average molecular weight is 383 g/mol. The molecule has 0 radical (unpaired) electrons. The summed E-state index contributed by atoms with van der Waals surface area (Å²) < 4.78 is 50.4. The van der Waals surface area contributed by atoms with E-state index in [0.717, 1.165) is 23.9 Å². The Balaban J connectivity index is 2.08. The number of ether oxygens (including phenoxy) is 1. The van der Waals surface area contributed by atoms with E-state index in [4.69, 9.17) is 4.42 Å². The molecule has 0 atom stereocenters. The molecule has 136 valence electrons. The number of carbonyl (C=O) groups is 1. The number of furan rings is 1. The van der Waals surface area contributed by atoms with Crippen LogP contribution < -0.4 is 0 Å². The van der Waals surface area contributed by atoms with Crippen LogP contribution in [0.5, 0.6) is 0 Å². The van der Waals surface area contributed by atoms with Crippen LogP contribution in [0.25, 0.3) is 17.3 Å². The van der Waals surface area contributed by atoms with E-state index in [0.29, 0.717) is 5.76 Å². The van der Waals surface area contributed by atoms with Crippen LogP contribution in [0, 0.1) is 0 Å². The van der Waals surface area contributed by atoms with Gasteiger partial charge < -0.3 is 9.15 Å². The fraction of sp³-hybridized carbons (Fsp3) is 0.188. The quantitative estimate of drug-likeness (QED) is 0.493. The molecule has 0 aliphatic heterocycles. The number of hydrogen-bond donors (Lipinski definition) is 0. The van der Waals surface area contributed by atoms with Gasteiger partial charge in [0, 0.05) is 0 Å². The lowest BCUT2D eigenvalue weighted by atomic mass is 10.2. The van der Waals surface area contributed by atoms with Crippen molar-refractivity contribution in [1.29, 1.82) is 0 Å². The van der Waals surface area contributed by atoms with Gasteiger partial charge in [0.05, 0.1) is 30.4 Å². The smallest absolute Gasteiger partial charge is 0.416 e. The molecule has 0 fully saturated rings. The van der Waals surface area contributed by atoms with E-state index in [1.165, 1.54) is 30.1 Å². The first-order valence-corrected chi connectivity index (χ1v) is 8.25. The molecule has 2 heterocycles. The van der Waals surface area contributed by atoms with Crippen molar-refractivity contribution in [1.82, 2.24) is 14.8 Å². The summed E-state index contributed by atoms with van der Waals surface area (Å²) in [6.07, 6.45) is -3.07. The van der Waals surface area contributed by atoms with Crippen LogP contribution in [0.2, 0.25) is 0 Å². The molecule has 10 heteroatoms. The fourth-order valence-electron chi connectivity index (χ4n) is 2.17. The fourth-order valence-corrected chi connectivity index (χ4v) is 2.95. The Labute approximate surface area is 150 Å². The Morgan fingerprint density at radius 3 is 2.73 bits per heavy atom. The Bertz CT molecular complexity index is 907. The number of esters is 1. The number of hydrogen-bond acceptors (Lipinski definition) is 6. The molecule has 0 aliphatic rings. The highest BCUT2D eigenvalue weighted by Gasteiger charge is 2.31. The van der Waals surface area contributed by atoms with Crippen molar-refractivity contribution < 1.29 is 27.1 Å². The number of thioether (sulfide) groups is 1. The minimum atomic E-state index is -4.49. The number of nitrogens with zero attached hydrogens (tertiary/aromatic N) is 3. The van der Waals surface area contributed by atoms with Crippen LogP contribution in [0.15, 0.2) is 52.2 Å². The third kappa shape index (κ3) is 3.74. The van der Waals surface area contributed by atoms with Crippen molar-refractivity contribution >= 4 is 17.7 Å². The van der Waals surface area contributed by atoms with Crippen LogP contribution >= 0.6 is 11.8 Å². The van der Waals surface area contributed by atoms with Crippen molar-refractivity contribution in [2.45, 2.75) is 11.3 Å². The average Bonchev–Trinajstić information content (AvgIpc) is 3.28. The SMILES string of the molecule is COC(=O)CSc1nnc(-c2ccco2)n1-c1cccc(C(F)(F)F)c1. The van der Waals surface area contributed by atoms with Crippen molar-refractivity contribution in [3.63, 3.8) is 0 Å². The second-order valence-electron chi connectivity index (χ2n) is 5.03. The number of carbonyl (C=O) groups excluding carboxylic acids is 1. The minimum absolute atomic E-state index is 0.0637. The highest BCUT2D eigenvalue weighted by Crippen LogP contribution is 2.33. The van der Waals surface area contributed by atoms with E-state index in [2.05, 4.69) is 14.9 Å². The van der Waals surface area contributed by atoms with Gasteiger partial charge in [0.1, 0.15) is 0 Å². The van der Waals surface area contributed by atoms with Crippen LogP contribution in [0.3, 0.4) is 0 Å². The molecule has 3 aromatic rings. The van der Waals surface area contributed by atoms with E-state index in [1.807, 2.05) is 0 Å². The molecule has 2 aromatic heterocycles. The summed E-state index contributed by atoms with van der Waals surface area (Å²) in [7, 11) is 1.24. The molecule has 0 saturated carbocycles. The van der Waals surface area contributed by atoms with Gasteiger partial charge in [0.2, 0.25) is 5.82 Å². The van der Waals surface area contributed by atoms with E-state index in [1.54, 1.807) is 12.1 Å². The van der Waals surface area contributed by atoms with E-state index < -0.39 is 17.7 Å². The molecule has 1 aromatic carbocycles. The molecule has 0 saturated heterocycles. The van der Waals surface area contributed by atoms with Gasteiger partial charge in [-0.1, -0.05) is 17.8 Å². The minimum Gasteiger partial charge on any atom is -0.468 e. The second kappa shape index (κ2) is 7.24. The lowest BCUT2D eigenvalue weighted by Crippen LogP contribution is -2.08. The maximum absolute atomic E-state index is 13.1. The molecule has 3 rings (SSSR count). The third-order valence-electron chi connectivity index (χ3n) is 3.35. The number of aromatic nitrogens is 3. The van der Waals surface area contributed by atoms with E-state index in [9.17, 15) is 18.0 Å². The predicted molar refractivity (Wildman–Crippen MR) is 86.8 cm³/mol. The van der Waals surface area contributed by atoms with E-state index >= 15 is 0 Å². The normalized spacial score (nSPS) is 11.5. The van der Waals surface area contributed by atoms with Gasteiger partial charge in [0.15, 0.2) is 10.9 Å². The summed E-state index contributed by atoms with van der Waals surface area (Å²) in [5.74, 6) is 0.000760. The van der Waals surface area contributed by atoms with Gasteiger partial charge >= 0.3 is 12.1 Å². The summed E-state index contributed by atoms with van der Waals surface area (Å²) in [6, 6.07) is 7.98. The number of halogens is 3. The summed E-state index contributed by atoms with van der Waals surface area (Å²) in [4.78, 5) is 11.4. The summed E-state index contributed by atoms with van der Waals surface area (Å²) in [5.41, 5.74) is -0.610. The number of methoxy groups -OCH3 is 1. The maximum Gasteiger partial charge on any atom is 0.416 e. The lowest BCUT2D eigenvalue weighted by molar-refractivity contribution is -0.138. The molecular weight excluding hydrogens is 371 g/mol. The van der Waals surface area contributed by atoms with Gasteiger partial charge in [-0.25, -0.2) is 0 Å². The van der Waals surface area contributed by atoms with Gasteiger partial charge in [0.25, 0.3) is 0 Å². The zero-order valence-corrected chi connectivity index (χ0v) is 14.2. The Kier molecular flexibility index (Phi) is 5.03. The predicted octanol–water partition coefficient (Wildman–Crippen LogP) is 3.81.